The molecule has 3 aromatic rings. The highest BCUT2D eigenvalue weighted by molar-refractivity contribution is 5.95. The number of carbonyl (C=O) groups excluding carboxylic acids is 1. The molecule has 0 N–H and O–H groups in total. The minimum Gasteiger partial charge on any atom is -0.333 e. The lowest BCUT2D eigenvalue weighted by Crippen LogP contribution is -2.46. The predicted molar refractivity (Wildman–Crippen MR) is 101 cm³/mol. The number of nitrogens with zero attached hydrogens (tertiary/aromatic N) is 5. The van der Waals surface area contributed by atoms with Crippen molar-refractivity contribution in [1.82, 2.24) is 25.1 Å². The number of hydrogen-bond donors (Lipinski definition) is 0. The fraction of sp³-hybridized carbons (Fsp3) is 0.333. The summed E-state index contributed by atoms with van der Waals surface area (Å²) in [5.41, 5.74) is 2.60. The van der Waals surface area contributed by atoms with Crippen LogP contribution >= 0.6 is 0 Å². The third-order valence-electron chi connectivity index (χ3n) is 6.02. The number of halogens is 1. The zero-order valence-electron chi connectivity index (χ0n) is 15.3. The van der Waals surface area contributed by atoms with Gasteiger partial charge in [-0.25, -0.2) is 9.07 Å². The topological polar surface area (TPSA) is 63.9 Å². The van der Waals surface area contributed by atoms with Crippen molar-refractivity contribution in [2.75, 3.05) is 0 Å². The van der Waals surface area contributed by atoms with Gasteiger partial charge in [0.2, 0.25) is 0 Å². The summed E-state index contributed by atoms with van der Waals surface area (Å²) in [6.07, 6.45) is 5.43. The van der Waals surface area contributed by atoms with Crippen LogP contribution in [0, 0.1) is 5.82 Å². The van der Waals surface area contributed by atoms with E-state index in [0.717, 1.165) is 31.4 Å². The first kappa shape index (κ1) is 17.0. The van der Waals surface area contributed by atoms with Gasteiger partial charge < -0.3 is 4.90 Å². The van der Waals surface area contributed by atoms with Gasteiger partial charge >= 0.3 is 0 Å². The first-order valence-electron chi connectivity index (χ1n) is 9.60. The summed E-state index contributed by atoms with van der Waals surface area (Å²) in [6, 6.07) is 14.7. The van der Waals surface area contributed by atoms with Crippen LogP contribution in [0.3, 0.4) is 0 Å². The maximum Gasteiger partial charge on any atom is 0.254 e. The van der Waals surface area contributed by atoms with E-state index in [2.05, 4.69) is 20.4 Å². The van der Waals surface area contributed by atoms with Gasteiger partial charge in [0.1, 0.15) is 12.1 Å². The maximum atomic E-state index is 13.3. The molecule has 0 spiro atoms. The molecule has 142 valence electrons. The summed E-state index contributed by atoms with van der Waals surface area (Å²) in [7, 11) is 0. The SMILES string of the molecule is O=C(c1cccc(-n2cnnn2)c1)N1[C@H]2CC[C@H]1CC(c1ccc(F)cc1)C2. The number of tetrazole rings is 1. The highest BCUT2D eigenvalue weighted by Gasteiger charge is 2.43. The molecule has 2 saturated heterocycles. The minimum absolute atomic E-state index is 0.0694. The van der Waals surface area contributed by atoms with E-state index in [-0.39, 0.29) is 23.8 Å². The summed E-state index contributed by atoms with van der Waals surface area (Å²) >= 11 is 0. The van der Waals surface area contributed by atoms with Gasteiger partial charge in [-0.05, 0) is 77.9 Å². The van der Waals surface area contributed by atoms with Crippen molar-refractivity contribution < 1.29 is 9.18 Å². The van der Waals surface area contributed by atoms with E-state index in [1.807, 2.05) is 36.4 Å². The molecule has 7 heteroatoms. The molecule has 2 bridgehead atoms. The Kier molecular flexibility index (Phi) is 4.15. The normalized spacial score (nSPS) is 23.8. The van der Waals surface area contributed by atoms with Gasteiger partial charge in [-0.2, -0.15) is 0 Å². The quantitative estimate of drug-likeness (QED) is 0.702. The highest BCUT2D eigenvalue weighted by atomic mass is 19.1. The molecule has 6 nitrogen and oxygen atoms in total. The van der Waals surface area contributed by atoms with Crippen molar-refractivity contribution in [2.24, 2.45) is 0 Å². The second-order valence-corrected chi connectivity index (χ2v) is 7.62. The van der Waals surface area contributed by atoms with Crippen molar-refractivity contribution in [3.05, 3.63) is 71.8 Å². The van der Waals surface area contributed by atoms with Gasteiger partial charge in [-0.1, -0.05) is 18.2 Å². The molecule has 5 rings (SSSR count). The lowest BCUT2D eigenvalue weighted by atomic mass is 9.85. The molecule has 0 radical (unpaired) electrons. The van der Waals surface area contributed by atoms with Gasteiger partial charge in [0, 0.05) is 17.6 Å². The Morgan fingerprint density at radius 3 is 2.46 bits per heavy atom. The summed E-state index contributed by atoms with van der Waals surface area (Å²) in [4.78, 5) is 15.4. The average Bonchev–Trinajstić information content (AvgIpc) is 3.35. The molecule has 0 aliphatic carbocycles. The zero-order valence-corrected chi connectivity index (χ0v) is 15.3. The first-order valence-corrected chi connectivity index (χ1v) is 9.60. The van der Waals surface area contributed by atoms with Crippen molar-refractivity contribution in [3.63, 3.8) is 0 Å². The van der Waals surface area contributed by atoms with E-state index in [9.17, 15) is 9.18 Å². The average molecular weight is 377 g/mol. The Morgan fingerprint density at radius 2 is 1.79 bits per heavy atom. The van der Waals surface area contributed by atoms with Crippen molar-refractivity contribution in [1.29, 1.82) is 0 Å². The van der Waals surface area contributed by atoms with E-state index < -0.39 is 0 Å². The van der Waals surface area contributed by atoms with Gasteiger partial charge in [-0.15, -0.1) is 5.10 Å². The van der Waals surface area contributed by atoms with E-state index >= 15 is 0 Å². The standard InChI is InChI=1S/C21H20FN5O/c22-17-6-4-14(5-7-17)16-11-19-8-9-20(12-16)27(19)21(28)15-2-1-3-18(10-15)26-13-23-24-25-26/h1-7,10,13,16,19-20H,8-9,11-12H2/t19-,20-/m0/s1. The molecule has 0 unspecified atom stereocenters. The summed E-state index contributed by atoms with van der Waals surface area (Å²) in [6.45, 7) is 0. The number of carbonyl (C=O) groups is 1. The number of rotatable bonds is 3. The second kappa shape index (κ2) is 6.82. The molecule has 2 aromatic carbocycles. The third kappa shape index (κ3) is 2.96. The third-order valence-corrected chi connectivity index (χ3v) is 6.02. The number of aromatic nitrogens is 4. The van der Waals surface area contributed by atoms with E-state index in [4.69, 9.17) is 0 Å². The number of fused-ring (bicyclic) bond motifs is 2. The van der Waals surface area contributed by atoms with Crippen LogP contribution < -0.4 is 0 Å². The lowest BCUT2D eigenvalue weighted by Gasteiger charge is -2.39. The molecule has 2 atom stereocenters. The predicted octanol–water partition coefficient (Wildman–Crippen LogP) is 3.35. The Labute approximate surface area is 162 Å². The number of amides is 1. The highest BCUT2D eigenvalue weighted by Crippen LogP contribution is 2.43. The van der Waals surface area contributed by atoms with Gasteiger partial charge in [-0.3, -0.25) is 4.79 Å². The Hall–Kier alpha value is -3.09. The summed E-state index contributed by atoms with van der Waals surface area (Å²) < 4.78 is 14.8. The Bertz CT molecular complexity index is 974. The largest absolute Gasteiger partial charge is 0.333 e. The van der Waals surface area contributed by atoms with Gasteiger partial charge in [0.25, 0.3) is 5.91 Å². The van der Waals surface area contributed by atoms with Crippen LogP contribution in [-0.2, 0) is 0 Å². The number of benzene rings is 2. The van der Waals surface area contributed by atoms with Crippen molar-refractivity contribution in [2.45, 2.75) is 43.7 Å². The van der Waals surface area contributed by atoms with Crippen LogP contribution in [0.5, 0.6) is 0 Å². The summed E-state index contributed by atoms with van der Waals surface area (Å²) in [5.74, 6) is 0.247. The van der Waals surface area contributed by atoms with Crippen LogP contribution in [0.4, 0.5) is 4.39 Å². The van der Waals surface area contributed by atoms with Gasteiger partial charge in [0.05, 0.1) is 5.69 Å². The smallest absolute Gasteiger partial charge is 0.254 e. The first-order chi connectivity index (χ1) is 13.7. The van der Waals surface area contributed by atoms with E-state index in [0.29, 0.717) is 11.5 Å². The molecule has 2 aliphatic heterocycles. The fourth-order valence-corrected chi connectivity index (χ4v) is 4.73. The molecule has 0 saturated carbocycles. The number of piperidine rings is 1. The van der Waals surface area contributed by atoms with Crippen LogP contribution in [0.2, 0.25) is 0 Å². The molecule has 3 heterocycles. The fourth-order valence-electron chi connectivity index (χ4n) is 4.73. The molecule has 1 amide bonds. The lowest BCUT2D eigenvalue weighted by molar-refractivity contribution is 0.0571. The molecular weight excluding hydrogens is 357 g/mol. The minimum atomic E-state index is -0.207. The maximum absolute atomic E-state index is 13.3. The van der Waals surface area contributed by atoms with Crippen LogP contribution in [-0.4, -0.2) is 43.1 Å². The van der Waals surface area contributed by atoms with Crippen LogP contribution in [0.1, 0.15) is 47.5 Å². The second-order valence-electron chi connectivity index (χ2n) is 7.62. The van der Waals surface area contributed by atoms with E-state index in [1.165, 1.54) is 24.0 Å². The molecule has 2 aliphatic rings. The van der Waals surface area contributed by atoms with E-state index in [1.54, 1.807) is 4.68 Å². The monoisotopic (exact) mass is 377 g/mol. The zero-order chi connectivity index (χ0) is 19.1. The van der Waals surface area contributed by atoms with Crippen molar-refractivity contribution >= 4 is 5.91 Å². The number of hydrogen-bond acceptors (Lipinski definition) is 4. The summed E-state index contributed by atoms with van der Waals surface area (Å²) in [5, 5.41) is 11.2. The van der Waals surface area contributed by atoms with Crippen LogP contribution in [0.25, 0.3) is 5.69 Å². The Morgan fingerprint density at radius 1 is 1.04 bits per heavy atom. The Balaban J connectivity index is 1.37. The molecule has 1 aromatic heterocycles. The van der Waals surface area contributed by atoms with Crippen molar-refractivity contribution in [3.8, 4) is 5.69 Å². The molecular formula is C21H20FN5O. The molecule has 28 heavy (non-hydrogen) atoms. The van der Waals surface area contributed by atoms with Gasteiger partial charge in [0.15, 0.2) is 0 Å². The molecule has 2 fully saturated rings. The van der Waals surface area contributed by atoms with Crippen LogP contribution in [0.15, 0.2) is 54.9 Å².